The van der Waals surface area contributed by atoms with E-state index in [0.29, 0.717) is 12.8 Å². The Balaban J connectivity index is 3.17. The van der Waals surface area contributed by atoms with Gasteiger partial charge in [-0.15, -0.1) is 0 Å². The van der Waals surface area contributed by atoms with Crippen LogP contribution in [0.2, 0.25) is 0 Å². The predicted octanol–water partition coefficient (Wildman–Crippen LogP) is 3.75. The fourth-order valence-corrected chi connectivity index (χ4v) is 1.96. The number of hydrogen-bond acceptors (Lipinski definition) is 2. The zero-order chi connectivity index (χ0) is 13.6. The van der Waals surface area contributed by atoms with Gasteiger partial charge in [0.25, 0.3) is 0 Å². The number of carbonyl (C=O) groups excluding carboxylic acids is 1. The SMILES string of the molecule is CCCCCCCCCCCC(=O)NC(O)CC. The van der Waals surface area contributed by atoms with Crippen molar-refractivity contribution in [2.45, 2.75) is 90.7 Å². The third-order valence-electron chi connectivity index (χ3n) is 3.22. The molecule has 0 radical (unpaired) electrons. The third-order valence-corrected chi connectivity index (χ3v) is 3.22. The molecule has 3 heteroatoms. The molecule has 0 aromatic heterocycles. The van der Waals surface area contributed by atoms with E-state index in [1.54, 1.807) is 0 Å². The summed E-state index contributed by atoms with van der Waals surface area (Å²) in [7, 11) is 0. The van der Waals surface area contributed by atoms with E-state index in [2.05, 4.69) is 12.2 Å². The molecule has 0 spiro atoms. The maximum absolute atomic E-state index is 11.3. The minimum absolute atomic E-state index is 0.0210. The maximum Gasteiger partial charge on any atom is 0.221 e. The number of nitrogens with one attached hydrogen (secondary N) is 1. The molecule has 0 saturated heterocycles. The molecule has 0 heterocycles. The van der Waals surface area contributed by atoms with E-state index in [1.807, 2.05) is 6.92 Å². The van der Waals surface area contributed by atoms with Crippen LogP contribution in [0, 0.1) is 0 Å². The molecule has 1 unspecified atom stereocenters. The smallest absolute Gasteiger partial charge is 0.221 e. The van der Waals surface area contributed by atoms with Gasteiger partial charge in [0.1, 0.15) is 6.23 Å². The van der Waals surface area contributed by atoms with Gasteiger partial charge >= 0.3 is 0 Å². The molecule has 0 rings (SSSR count). The average Bonchev–Trinajstić information content (AvgIpc) is 2.36. The van der Waals surface area contributed by atoms with Crippen molar-refractivity contribution in [3.8, 4) is 0 Å². The normalized spacial score (nSPS) is 12.4. The van der Waals surface area contributed by atoms with E-state index in [1.165, 1.54) is 44.9 Å². The van der Waals surface area contributed by atoms with Gasteiger partial charge in [0.15, 0.2) is 0 Å². The number of amides is 1. The summed E-state index contributed by atoms with van der Waals surface area (Å²) in [6, 6.07) is 0. The van der Waals surface area contributed by atoms with Gasteiger partial charge < -0.3 is 10.4 Å². The Kier molecular flexibility index (Phi) is 12.5. The van der Waals surface area contributed by atoms with Crippen LogP contribution in [0.1, 0.15) is 84.5 Å². The molecule has 0 bridgehead atoms. The first kappa shape index (κ1) is 17.4. The molecule has 18 heavy (non-hydrogen) atoms. The molecule has 0 fully saturated rings. The fraction of sp³-hybridized carbons (Fsp3) is 0.933. The molecular weight excluding hydrogens is 226 g/mol. The number of aliphatic hydroxyl groups is 1. The Morgan fingerprint density at radius 3 is 1.94 bits per heavy atom. The van der Waals surface area contributed by atoms with Gasteiger partial charge in [0.05, 0.1) is 0 Å². The van der Waals surface area contributed by atoms with Crippen LogP contribution in [0.4, 0.5) is 0 Å². The standard InChI is InChI=1S/C15H31NO2/c1-3-5-6-7-8-9-10-11-12-13-15(18)16-14(17)4-2/h14,17H,3-13H2,1-2H3,(H,16,18). The molecule has 2 N–H and O–H groups in total. The molecule has 108 valence electrons. The second-order valence-corrected chi connectivity index (χ2v) is 5.07. The average molecular weight is 257 g/mol. The lowest BCUT2D eigenvalue weighted by atomic mass is 10.1. The van der Waals surface area contributed by atoms with Gasteiger partial charge in [-0.25, -0.2) is 0 Å². The van der Waals surface area contributed by atoms with Gasteiger partial charge in [-0.1, -0.05) is 65.2 Å². The van der Waals surface area contributed by atoms with Crippen LogP contribution in [0.3, 0.4) is 0 Å². The third kappa shape index (κ3) is 11.9. The van der Waals surface area contributed by atoms with Crippen molar-refractivity contribution in [2.24, 2.45) is 0 Å². The van der Waals surface area contributed by atoms with E-state index in [-0.39, 0.29) is 5.91 Å². The van der Waals surface area contributed by atoms with Crippen molar-refractivity contribution in [3.63, 3.8) is 0 Å². The van der Waals surface area contributed by atoms with Gasteiger partial charge in [0, 0.05) is 6.42 Å². The van der Waals surface area contributed by atoms with Crippen molar-refractivity contribution in [2.75, 3.05) is 0 Å². The minimum Gasteiger partial charge on any atom is -0.374 e. The number of hydrogen-bond donors (Lipinski definition) is 2. The van der Waals surface area contributed by atoms with Crippen LogP contribution in [-0.4, -0.2) is 17.2 Å². The van der Waals surface area contributed by atoms with Gasteiger partial charge in [-0.3, -0.25) is 4.79 Å². The molecule has 0 aromatic carbocycles. The fourth-order valence-electron chi connectivity index (χ4n) is 1.96. The number of aliphatic hydroxyl groups excluding tert-OH is 1. The second-order valence-electron chi connectivity index (χ2n) is 5.07. The first-order valence-electron chi connectivity index (χ1n) is 7.68. The molecule has 3 nitrogen and oxygen atoms in total. The molecule has 0 aliphatic rings. The number of carbonyl (C=O) groups is 1. The predicted molar refractivity (Wildman–Crippen MR) is 76.3 cm³/mol. The number of unbranched alkanes of at least 4 members (excludes halogenated alkanes) is 8. The summed E-state index contributed by atoms with van der Waals surface area (Å²) in [5.74, 6) is -0.0210. The van der Waals surface area contributed by atoms with Gasteiger partial charge in [-0.2, -0.15) is 0 Å². The van der Waals surface area contributed by atoms with Crippen molar-refractivity contribution in [1.82, 2.24) is 5.32 Å². The van der Waals surface area contributed by atoms with Gasteiger partial charge in [0.2, 0.25) is 5.91 Å². The quantitative estimate of drug-likeness (QED) is 0.413. The second kappa shape index (κ2) is 12.9. The Hall–Kier alpha value is -0.570. The van der Waals surface area contributed by atoms with Crippen molar-refractivity contribution >= 4 is 5.91 Å². The van der Waals surface area contributed by atoms with E-state index in [4.69, 9.17) is 0 Å². The zero-order valence-electron chi connectivity index (χ0n) is 12.2. The lowest BCUT2D eigenvalue weighted by Crippen LogP contribution is -2.33. The summed E-state index contributed by atoms with van der Waals surface area (Å²) in [5, 5.41) is 11.8. The molecule has 0 aromatic rings. The highest BCUT2D eigenvalue weighted by Gasteiger charge is 2.05. The van der Waals surface area contributed by atoms with E-state index in [9.17, 15) is 9.90 Å². The highest BCUT2D eigenvalue weighted by molar-refractivity contribution is 5.75. The first-order chi connectivity index (χ1) is 8.70. The Bertz CT molecular complexity index is 195. The minimum atomic E-state index is -0.670. The summed E-state index contributed by atoms with van der Waals surface area (Å²) in [5.41, 5.74) is 0. The summed E-state index contributed by atoms with van der Waals surface area (Å²) >= 11 is 0. The largest absolute Gasteiger partial charge is 0.374 e. The van der Waals surface area contributed by atoms with Crippen molar-refractivity contribution in [3.05, 3.63) is 0 Å². The molecule has 0 saturated carbocycles. The van der Waals surface area contributed by atoms with Crippen LogP contribution in [0.25, 0.3) is 0 Å². The number of rotatable bonds is 12. The summed E-state index contributed by atoms with van der Waals surface area (Å²) in [4.78, 5) is 11.3. The Labute approximate surface area is 112 Å². The molecule has 0 aliphatic heterocycles. The molecular formula is C15H31NO2. The van der Waals surface area contributed by atoms with E-state index < -0.39 is 6.23 Å². The lowest BCUT2D eigenvalue weighted by molar-refractivity contribution is -0.124. The van der Waals surface area contributed by atoms with E-state index >= 15 is 0 Å². The monoisotopic (exact) mass is 257 g/mol. The lowest BCUT2D eigenvalue weighted by Gasteiger charge is -2.09. The van der Waals surface area contributed by atoms with Crippen LogP contribution in [0.5, 0.6) is 0 Å². The summed E-state index contributed by atoms with van der Waals surface area (Å²) < 4.78 is 0. The maximum atomic E-state index is 11.3. The summed E-state index contributed by atoms with van der Waals surface area (Å²) in [6.45, 7) is 4.09. The van der Waals surface area contributed by atoms with Crippen molar-refractivity contribution in [1.29, 1.82) is 0 Å². The molecule has 1 atom stereocenters. The van der Waals surface area contributed by atoms with Crippen LogP contribution in [-0.2, 0) is 4.79 Å². The van der Waals surface area contributed by atoms with Crippen LogP contribution < -0.4 is 5.32 Å². The zero-order valence-corrected chi connectivity index (χ0v) is 12.2. The highest BCUT2D eigenvalue weighted by Crippen LogP contribution is 2.10. The first-order valence-corrected chi connectivity index (χ1v) is 7.68. The van der Waals surface area contributed by atoms with Crippen LogP contribution >= 0.6 is 0 Å². The van der Waals surface area contributed by atoms with E-state index in [0.717, 1.165) is 12.8 Å². The van der Waals surface area contributed by atoms with Crippen molar-refractivity contribution < 1.29 is 9.90 Å². The van der Waals surface area contributed by atoms with Crippen LogP contribution in [0.15, 0.2) is 0 Å². The molecule has 1 amide bonds. The topological polar surface area (TPSA) is 49.3 Å². The Morgan fingerprint density at radius 2 is 1.44 bits per heavy atom. The van der Waals surface area contributed by atoms with Gasteiger partial charge in [-0.05, 0) is 12.8 Å². The highest BCUT2D eigenvalue weighted by atomic mass is 16.3. The molecule has 0 aliphatic carbocycles. The Morgan fingerprint density at radius 1 is 0.944 bits per heavy atom. The summed E-state index contributed by atoms with van der Waals surface area (Å²) in [6.07, 6.45) is 11.8.